The van der Waals surface area contributed by atoms with Crippen molar-refractivity contribution in [1.29, 1.82) is 0 Å². The molecular weight excluding hydrogens is 260 g/mol. The number of phenols is 1. The molecule has 1 saturated heterocycles. The molecule has 5 atom stereocenters. The summed E-state index contributed by atoms with van der Waals surface area (Å²) in [6.45, 7) is 3.53. The third kappa shape index (κ3) is 1.47. The van der Waals surface area contributed by atoms with E-state index in [9.17, 15) is 5.11 Å². The predicted octanol–water partition coefficient (Wildman–Crippen LogP) is 4.02. The Labute approximate surface area is 126 Å². The summed E-state index contributed by atoms with van der Waals surface area (Å²) in [6, 6.07) is 6.08. The Morgan fingerprint density at radius 1 is 1.19 bits per heavy atom. The van der Waals surface area contributed by atoms with Crippen molar-refractivity contribution in [2.45, 2.75) is 57.0 Å². The number of phenolic OH excluding ortho intramolecular Hbond substituents is 1. The van der Waals surface area contributed by atoms with Gasteiger partial charge >= 0.3 is 0 Å². The van der Waals surface area contributed by atoms with Gasteiger partial charge in [-0.2, -0.15) is 0 Å². The van der Waals surface area contributed by atoms with Crippen LogP contribution in [-0.2, 0) is 11.2 Å². The van der Waals surface area contributed by atoms with Gasteiger partial charge in [0, 0.05) is 5.41 Å². The molecule has 4 aliphatic rings. The lowest BCUT2D eigenvalue weighted by molar-refractivity contribution is 0.0121. The van der Waals surface area contributed by atoms with Gasteiger partial charge in [0.2, 0.25) is 0 Å². The third-order valence-electron chi connectivity index (χ3n) is 7.49. The molecule has 2 nitrogen and oxygen atoms in total. The van der Waals surface area contributed by atoms with Crippen LogP contribution in [0.3, 0.4) is 0 Å². The molecule has 0 unspecified atom stereocenters. The average Bonchev–Trinajstić information content (AvgIpc) is 3.20. The van der Waals surface area contributed by atoms with Crippen LogP contribution in [0.2, 0.25) is 0 Å². The van der Waals surface area contributed by atoms with Crippen LogP contribution in [0.1, 0.15) is 56.1 Å². The second-order valence-corrected chi connectivity index (χ2v) is 8.08. The molecule has 3 fully saturated rings. The van der Waals surface area contributed by atoms with Crippen molar-refractivity contribution in [3.8, 4) is 5.75 Å². The lowest BCUT2D eigenvalue weighted by Crippen LogP contribution is -2.45. The minimum Gasteiger partial charge on any atom is -0.508 e. The lowest BCUT2D eigenvalue weighted by atomic mass is 9.54. The topological polar surface area (TPSA) is 32.8 Å². The van der Waals surface area contributed by atoms with E-state index in [2.05, 4.69) is 13.0 Å². The van der Waals surface area contributed by atoms with E-state index in [1.807, 2.05) is 12.1 Å². The molecule has 1 heterocycles. The van der Waals surface area contributed by atoms with E-state index in [0.29, 0.717) is 11.2 Å². The molecule has 21 heavy (non-hydrogen) atoms. The number of benzene rings is 1. The fourth-order valence-corrected chi connectivity index (χ4v) is 6.22. The van der Waals surface area contributed by atoms with Gasteiger partial charge in [-0.1, -0.05) is 13.0 Å². The zero-order chi connectivity index (χ0) is 14.2. The fourth-order valence-electron chi connectivity index (χ4n) is 6.22. The molecule has 2 saturated carbocycles. The monoisotopic (exact) mass is 284 g/mol. The quantitative estimate of drug-likeness (QED) is 0.730. The van der Waals surface area contributed by atoms with E-state index in [4.69, 9.17) is 4.74 Å². The minimum absolute atomic E-state index is 0.262. The Bertz CT molecular complexity index is 604. The summed E-state index contributed by atoms with van der Waals surface area (Å²) in [5.74, 6) is 2.84. The Morgan fingerprint density at radius 2 is 2.05 bits per heavy atom. The molecular formula is C19H24O2. The molecule has 112 valence electrons. The number of ether oxygens (including phenoxy) is 1. The highest BCUT2D eigenvalue weighted by Crippen LogP contribution is 2.68. The first-order chi connectivity index (χ1) is 10.1. The number of epoxide rings is 1. The van der Waals surface area contributed by atoms with Crippen LogP contribution >= 0.6 is 0 Å². The van der Waals surface area contributed by atoms with Crippen molar-refractivity contribution in [2.75, 3.05) is 6.61 Å². The molecule has 0 radical (unpaired) electrons. The lowest BCUT2D eigenvalue weighted by Gasteiger charge is -2.50. The largest absolute Gasteiger partial charge is 0.508 e. The van der Waals surface area contributed by atoms with Gasteiger partial charge in [0.05, 0.1) is 12.2 Å². The van der Waals surface area contributed by atoms with E-state index in [1.54, 1.807) is 0 Å². The zero-order valence-electron chi connectivity index (χ0n) is 12.8. The van der Waals surface area contributed by atoms with Crippen LogP contribution in [0.15, 0.2) is 18.2 Å². The van der Waals surface area contributed by atoms with Gasteiger partial charge in [-0.3, -0.25) is 0 Å². The molecule has 5 rings (SSSR count). The van der Waals surface area contributed by atoms with Gasteiger partial charge < -0.3 is 9.84 Å². The van der Waals surface area contributed by atoms with Crippen LogP contribution in [-0.4, -0.2) is 17.3 Å². The van der Waals surface area contributed by atoms with Crippen molar-refractivity contribution in [2.24, 2.45) is 17.3 Å². The van der Waals surface area contributed by atoms with Crippen molar-refractivity contribution < 1.29 is 9.84 Å². The number of fused-ring (bicyclic) bond motifs is 6. The van der Waals surface area contributed by atoms with Crippen LogP contribution in [0.25, 0.3) is 0 Å². The maximum Gasteiger partial charge on any atom is 0.115 e. The molecule has 1 N–H and O–H groups in total. The Morgan fingerprint density at radius 3 is 2.86 bits per heavy atom. The molecule has 1 aromatic carbocycles. The van der Waals surface area contributed by atoms with Crippen molar-refractivity contribution >= 4 is 0 Å². The minimum atomic E-state index is 0.262. The van der Waals surface area contributed by atoms with Crippen LogP contribution in [0.4, 0.5) is 0 Å². The Balaban J connectivity index is 1.54. The molecule has 0 bridgehead atoms. The van der Waals surface area contributed by atoms with Crippen molar-refractivity contribution in [1.82, 2.24) is 0 Å². The number of aryl methyl sites for hydroxylation is 1. The molecule has 2 heteroatoms. The number of hydrogen-bond donors (Lipinski definition) is 1. The number of rotatable bonds is 0. The highest BCUT2D eigenvalue weighted by molar-refractivity contribution is 5.40. The summed E-state index contributed by atoms with van der Waals surface area (Å²) in [6.07, 6.45) is 7.73. The first kappa shape index (κ1) is 12.5. The number of aromatic hydroxyl groups is 1. The molecule has 1 spiro atoms. The van der Waals surface area contributed by atoms with Gasteiger partial charge in [-0.15, -0.1) is 0 Å². The van der Waals surface area contributed by atoms with Gasteiger partial charge in [-0.25, -0.2) is 0 Å². The highest BCUT2D eigenvalue weighted by Gasteiger charge is 2.68. The third-order valence-corrected chi connectivity index (χ3v) is 7.49. The predicted molar refractivity (Wildman–Crippen MR) is 81.4 cm³/mol. The first-order valence-corrected chi connectivity index (χ1v) is 8.59. The summed E-state index contributed by atoms with van der Waals surface area (Å²) in [5.41, 5.74) is 3.62. The van der Waals surface area contributed by atoms with Gasteiger partial charge in [0.25, 0.3) is 0 Å². The van der Waals surface area contributed by atoms with E-state index in [0.717, 1.165) is 30.8 Å². The molecule has 3 aliphatic carbocycles. The summed E-state index contributed by atoms with van der Waals surface area (Å²) < 4.78 is 5.96. The van der Waals surface area contributed by atoms with Crippen LogP contribution < -0.4 is 0 Å². The fraction of sp³-hybridized carbons (Fsp3) is 0.684. The average molecular weight is 284 g/mol. The maximum absolute atomic E-state index is 9.74. The van der Waals surface area contributed by atoms with Crippen molar-refractivity contribution in [3.63, 3.8) is 0 Å². The van der Waals surface area contributed by atoms with E-state index >= 15 is 0 Å². The molecule has 0 amide bonds. The first-order valence-electron chi connectivity index (χ1n) is 8.59. The SMILES string of the molecule is C[C@]12CC[C@@H]3c4ccc(O)cc4CC[C@@H]3[C@@H]1CC[C@@]21CO1. The maximum atomic E-state index is 9.74. The zero-order valence-corrected chi connectivity index (χ0v) is 12.8. The van der Waals surface area contributed by atoms with Gasteiger partial charge in [0.1, 0.15) is 5.75 Å². The van der Waals surface area contributed by atoms with E-state index in [1.165, 1.54) is 43.2 Å². The summed E-state index contributed by atoms with van der Waals surface area (Å²) in [7, 11) is 0. The van der Waals surface area contributed by atoms with Gasteiger partial charge in [-0.05, 0) is 79.5 Å². The van der Waals surface area contributed by atoms with Crippen LogP contribution in [0, 0.1) is 17.3 Å². The van der Waals surface area contributed by atoms with E-state index in [-0.39, 0.29) is 5.60 Å². The molecule has 1 aliphatic heterocycles. The standard InChI is InChI=1S/C19H24O2/c1-18-8-6-15-14-5-3-13(20)10-12(14)2-4-16(15)17(18)7-9-19(18)11-21-19/h3,5,10,15-17,20H,2,4,6-9,11H2,1H3/t15-,16+,17+,18+,19-/m1/s1. The van der Waals surface area contributed by atoms with E-state index < -0.39 is 0 Å². The second-order valence-electron chi connectivity index (χ2n) is 8.08. The molecule has 0 aromatic heterocycles. The van der Waals surface area contributed by atoms with Crippen molar-refractivity contribution in [3.05, 3.63) is 29.3 Å². The Kier molecular flexibility index (Phi) is 2.29. The summed E-state index contributed by atoms with van der Waals surface area (Å²) >= 11 is 0. The highest BCUT2D eigenvalue weighted by atomic mass is 16.6. The summed E-state index contributed by atoms with van der Waals surface area (Å²) in [5, 5.41) is 9.74. The molecule has 1 aromatic rings. The summed E-state index contributed by atoms with van der Waals surface area (Å²) in [4.78, 5) is 0. The van der Waals surface area contributed by atoms with Gasteiger partial charge in [0.15, 0.2) is 0 Å². The Hall–Kier alpha value is -1.02. The van der Waals surface area contributed by atoms with Crippen LogP contribution in [0.5, 0.6) is 5.75 Å². The second kappa shape index (κ2) is 3.84. The number of hydrogen-bond acceptors (Lipinski definition) is 2. The smallest absolute Gasteiger partial charge is 0.115 e. The normalized spacial score (nSPS) is 46.8.